The molecule has 2 nitrogen and oxygen atoms in total. The zero-order valence-corrected chi connectivity index (χ0v) is 65.3. The molecular formula is C111H68N2S3. The van der Waals surface area contributed by atoms with Gasteiger partial charge in [-0.15, -0.1) is 34.0 Å². The Morgan fingerprint density at radius 1 is 0.172 bits per heavy atom. The topological polar surface area (TPSA) is 6.48 Å². The quantitative estimate of drug-likeness (QED) is 0.120. The minimum absolute atomic E-state index is 0.642. The molecule has 5 heteroatoms. The van der Waals surface area contributed by atoms with Crippen LogP contribution in [0.1, 0.15) is 22.3 Å². The molecule has 3 heterocycles. The Hall–Kier alpha value is -14.0. The number of fused-ring (bicyclic) bond motifs is 21. The average Bonchev–Trinajstić information content (AvgIpc) is 1.50. The molecule has 0 unspecified atom stereocenters. The Bertz CT molecular complexity index is 7730. The van der Waals surface area contributed by atoms with Crippen LogP contribution in [0.3, 0.4) is 0 Å². The SMILES string of the molecule is c1ccc(N(c2ccc(-c3ccc4c(c3)C3(c5ccccc5-c5ccccc53)c3cc(-c5ccc(-c6cccc7c6sc6ccccc67)c(N(c6ccc(-c7cccc8ccccc78)cc6)c6ccc7c(c6)sc6ccccc67)c5)ccc3-4)cc2)c2ccc(-c3cccc4ccccc34)cc2)c(-c2cccc3c2sc2ccccc23)c1. The Balaban J connectivity index is 0.666. The average molecular weight is 1530 g/mol. The van der Waals surface area contributed by atoms with Crippen LogP contribution in [-0.4, -0.2) is 0 Å². The first kappa shape index (κ1) is 66.6. The summed E-state index contributed by atoms with van der Waals surface area (Å²) in [5.41, 5.74) is 30.3. The summed E-state index contributed by atoms with van der Waals surface area (Å²) in [5.74, 6) is 0. The molecule has 2 aliphatic rings. The van der Waals surface area contributed by atoms with E-state index < -0.39 is 5.41 Å². The van der Waals surface area contributed by atoms with Gasteiger partial charge in [0.15, 0.2) is 0 Å². The third-order valence-corrected chi connectivity index (χ3v) is 28.3. The van der Waals surface area contributed by atoms with E-state index in [2.05, 4.69) is 422 Å². The van der Waals surface area contributed by atoms with Gasteiger partial charge in [-0.3, -0.25) is 0 Å². The highest BCUT2D eigenvalue weighted by atomic mass is 32.1. The second kappa shape index (κ2) is 26.5. The smallest absolute Gasteiger partial charge is 0.0725 e. The van der Waals surface area contributed by atoms with Gasteiger partial charge >= 0.3 is 0 Å². The fraction of sp³-hybridized carbons (Fsp3) is 0.00901. The van der Waals surface area contributed by atoms with Crippen LogP contribution in [0.15, 0.2) is 413 Å². The van der Waals surface area contributed by atoms with Gasteiger partial charge in [-0.2, -0.15) is 0 Å². The molecule has 540 valence electrons. The van der Waals surface area contributed by atoms with Crippen molar-refractivity contribution in [2.24, 2.45) is 0 Å². The van der Waals surface area contributed by atoms with Crippen molar-refractivity contribution in [3.8, 4) is 89.0 Å². The molecule has 22 aromatic rings. The highest BCUT2D eigenvalue weighted by Gasteiger charge is 2.52. The predicted molar refractivity (Wildman–Crippen MR) is 498 cm³/mol. The maximum absolute atomic E-state index is 2.56. The molecule has 0 aliphatic heterocycles. The molecule has 0 radical (unpaired) electrons. The van der Waals surface area contributed by atoms with E-state index in [0.29, 0.717) is 0 Å². The van der Waals surface area contributed by atoms with Gasteiger partial charge in [-0.05, 0) is 202 Å². The number of anilines is 6. The molecule has 0 saturated carbocycles. The van der Waals surface area contributed by atoms with E-state index in [0.717, 1.165) is 56.4 Å². The van der Waals surface area contributed by atoms with Gasteiger partial charge in [0.05, 0.1) is 16.8 Å². The number of nitrogens with zero attached hydrogens (tertiary/aromatic N) is 2. The number of rotatable bonds is 12. The first-order valence-corrected chi connectivity index (χ1v) is 42.3. The van der Waals surface area contributed by atoms with Gasteiger partial charge in [0, 0.05) is 106 Å². The Kier molecular flexibility index (Phi) is 15.2. The van der Waals surface area contributed by atoms with Gasteiger partial charge in [0.2, 0.25) is 0 Å². The molecular weight excluding hydrogens is 1460 g/mol. The molecule has 3 aromatic heterocycles. The van der Waals surface area contributed by atoms with E-state index in [1.54, 1.807) is 0 Å². The van der Waals surface area contributed by atoms with Crippen molar-refractivity contribution in [2.75, 3.05) is 9.80 Å². The molecule has 19 aromatic carbocycles. The lowest BCUT2D eigenvalue weighted by Gasteiger charge is -2.31. The second-order valence-corrected chi connectivity index (χ2v) is 34.0. The van der Waals surface area contributed by atoms with Crippen LogP contribution >= 0.6 is 34.0 Å². The standard InChI is InChI=1S/C111H68N2S3/c1-3-25-81-70(21-1)23-17-33-83(81)72-47-56-78(57-48-72)112(103-41-13-7-29-89(103)95-35-19-37-97-92-31-9-15-43-106(92)115-109(95)97)77-54-45-69(46-55-77)74-51-61-87-88-62-52-75(66-102(88)111(101(87)65-74)99-39-11-5-27-85(99)86-28-6-12-40-100(86)111)76-53-63-90(96-36-20-38-98-93-32-10-16-44-107(93)116-110(96)98)104(67-76)113(80-60-64-94-91-30-8-14-42-105(91)114-108(94)68-80)79-58-49-73(50-59-79)84-34-18-24-71-22-2-4-26-82(71)84/h1-68H. The van der Waals surface area contributed by atoms with Gasteiger partial charge in [-0.25, -0.2) is 0 Å². The number of thiophene rings is 3. The van der Waals surface area contributed by atoms with Crippen LogP contribution in [0.2, 0.25) is 0 Å². The Morgan fingerprint density at radius 3 is 1.05 bits per heavy atom. The molecule has 0 N–H and O–H groups in total. The predicted octanol–water partition coefficient (Wildman–Crippen LogP) is 32.4. The molecule has 0 atom stereocenters. The van der Waals surface area contributed by atoms with Crippen LogP contribution in [0.5, 0.6) is 0 Å². The normalized spacial score (nSPS) is 12.6. The first-order chi connectivity index (χ1) is 57.5. The summed E-state index contributed by atoms with van der Waals surface area (Å²) in [4.78, 5) is 5.01. The number of hydrogen-bond donors (Lipinski definition) is 0. The van der Waals surface area contributed by atoms with Crippen molar-refractivity contribution in [3.63, 3.8) is 0 Å². The van der Waals surface area contributed by atoms with Gasteiger partial charge in [-0.1, -0.05) is 322 Å². The van der Waals surface area contributed by atoms with E-state index in [4.69, 9.17) is 0 Å². The molecule has 0 saturated heterocycles. The minimum Gasteiger partial charge on any atom is -0.310 e. The molecule has 24 rings (SSSR count). The van der Waals surface area contributed by atoms with Crippen LogP contribution in [0.4, 0.5) is 34.1 Å². The fourth-order valence-corrected chi connectivity index (χ4v) is 23.1. The highest BCUT2D eigenvalue weighted by Crippen LogP contribution is 2.64. The molecule has 2 aliphatic carbocycles. The summed E-state index contributed by atoms with van der Waals surface area (Å²) in [6.45, 7) is 0. The van der Waals surface area contributed by atoms with Gasteiger partial charge in [0.25, 0.3) is 0 Å². The van der Waals surface area contributed by atoms with E-state index in [-0.39, 0.29) is 0 Å². The number of hydrogen-bond acceptors (Lipinski definition) is 5. The lowest BCUT2D eigenvalue weighted by atomic mass is 9.70. The summed E-state index contributed by atoms with van der Waals surface area (Å²) in [5, 5.41) is 12.6. The van der Waals surface area contributed by atoms with E-state index in [1.807, 2.05) is 34.0 Å². The van der Waals surface area contributed by atoms with Crippen molar-refractivity contribution in [3.05, 3.63) is 435 Å². The monoisotopic (exact) mass is 1520 g/mol. The van der Waals surface area contributed by atoms with Crippen molar-refractivity contribution in [2.45, 2.75) is 5.41 Å². The third-order valence-electron chi connectivity index (χ3n) is 24.7. The van der Waals surface area contributed by atoms with Gasteiger partial charge in [0.1, 0.15) is 0 Å². The van der Waals surface area contributed by atoms with Gasteiger partial charge < -0.3 is 9.80 Å². The lowest BCUT2D eigenvalue weighted by molar-refractivity contribution is 0.794. The largest absolute Gasteiger partial charge is 0.310 e. The summed E-state index contributed by atoms with van der Waals surface area (Å²) in [7, 11) is 0. The van der Waals surface area contributed by atoms with Crippen molar-refractivity contribution in [1.82, 2.24) is 0 Å². The molecule has 1 spiro atoms. The highest BCUT2D eigenvalue weighted by molar-refractivity contribution is 7.27. The van der Waals surface area contributed by atoms with Crippen LogP contribution in [0, 0.1) is 0 Å². The van der Waals surface area contributed by atoms with Crippen molar-refractivity contribution in [1.29, 1.82) is 0 Å². The molecule has 0 fully saturated rings. The Labute approximate surface area is 683 Å². The van der Waals surface area contributed by atoms with Crippen LogP contribution < -0.4 is 9.80 Å². The number of para-hydroxylation sites is 1. The van der Waals surface area contributed by atoms with E-state index in [1.165, 1.54) is 171 Å². The molecule has 0 amide bonds. The maximum Gasteiger partial charge on any atom is 0.0725 e. The van der Waals surface area contributed by atoms with Crippen LogP contribution in [0.25, 0.3) is 171 Å². The van der Waals surface area contributed by atoms with Crippen molar-refractivity contribution < 1.29 is 0 Å². The molecule has 116 heavy (non-hydrogen) atoms. The lowest BCUT2D eigenvalue weighted by Crippen LogP contribution is -2.26. The number of benzene rings is 19. The third kappa shape index (κ3) is 10.3. The zero-order chi connectivity index (χ0) is 76.1. The zero-order valence-electron chi connectivity index (χ0n) is 62.9. The summed E-state index contributed by atoms with van der Waals surface area (Å²) in [6, 6.07) is 155. The maximum atomic E-state index is 2.56. The Morgan fingerprint density at radius 2 is 0.509 bits per heavy atom. The second-order valence-electron chi connectivity index (χ2n) is 30.8. The first-order valence-electron chi connectivity index (χ1n) is 39.8. The van der Waals surface area contributed by atoms with Crippen molar-refractivity contribution >= 4 is 150 Å². The van der Waals surface area contributed by atoms with E-state index >= 15 is 0 Å². The van der Waals surface area contributed by atoms with E-state index in [9.17, 15) is 0 Å². The van der Waals surface area contributed by atoms with Crippen LogP contribution in [-0.2, 0) is 5.41 Å². The minimum atomic E-state index is -0.642. The fourth-order valence-electron chi connectivity index (χ4n) is 19.5. The molecule has 0 bridgehead atoms. The summed E-state index contributed by atoms with van der Waals surface area (Å²) < 4.78 is 7.68. The summed E-state index contributed by atoms with van der Waals surface area (Å²) >= 11 is 5.63. The summed E-state index contributed by atoms with van der Waals surface area (Å²) in [6.07, 6.45) is 0.